The number of hydrogen-bond donors (Lipinski definition) is 1. The molecule has 0 atom stereocenters. The molecule has 0 fully saturated rings. The van der Waals surface area contributed by atoms with Gasteiger partial charge in [0.05, 0.1) is 12.1 Å². The Morgan fingerprint density at radius 3 is 2.62 bits per heavy atom. The number of nitrogens with zero attached hydrogens (tertiary/aromatic N) is 2. The Bertz CT molecular complexity index is 720. The lowest BCUT2D eigenvalue weighted by Gasteiger charge is -2.09. The first-order valence-electron chi connectivity index (χ1n) is 7.00. The lowest BCUT2D eigenvalue weighted by Crippen LogP contribution is -1.97. The zero-order valence-corrected chi connectivity index (χ0v) is 11.9. The second-order valence-electron chi connectivity index (χ2n) is 4.70. The Hall–Kier alpha value is -2.46. The first-order chi connectivity index (χ1) is 10.4. The monoisotopic (exact) mass is 279 g/mol. The maximum Gasteiger partial charge on any atom is 0.141 e. The van der Waals surface area contributed by atoms with Crippen LogP contribution in [0.4, 0.5) is 11.5 Å². The summed E-state index contributed by atoms with van der Waals surface area (Å²) in [5.74, 6) is 0.818. The van der Waals surface area contributed by atoms with Gasteiger partial charge in [-0.3, -0.25) is 0 Å². The third-order valence-corrected chi connectivity index (χ3v) is 3.23. The van der Waals surface area contributed by atoms with Crippen molar-refractivity contribution in [2.75, 3.05) is 11.9 Å². The Balaban J connectivity index is 1.82. The molecule has 4 heteroatoms. The van der Waals surface area contributed by atoms with Gasteiger partial charge in [0.1, 0.15) is 12.1 Å². The number of hydrogen-bond acceptors (Lipinski definition) is 4. The number of para-hydroxylation sites is 1. The van der Waals surface area contributed by atoms with Crippen LogP contribution < -0.4 is 5.32 Å². The van der Waals surface area contributed by atoms with E-state index in [9.17, 15) is 0 Å². The van der Waals surface area contributed by atoms with Gasteiger partial charge in [0.15, 0.2) is 0 Å². The van der Waals surface area contributed by atoms with Crippen molar-refractivity contribution in [1.29, 1.82) is 0 Å². The highest BCUT2D eigenvalue weighted by Gasteiger charge is 2.03. The average Bonchev–Trinajstić information content (AvgIpc) is 2.55. The summed E-state index contributed by atoms with van der Waals surface area (Å²) in [6.07, 6.45) is 1.58. The third-order valence-electron chi connectivity index (χ3n) is 3.23. The van der Waals surface area contributed by atoms with Gasteiger partial charge in [0.2, 0.25) is 0 Å². The van der Waals surface area contributed by atoms with Crippen LogP contribution >= 0.6 is 0 Å². The van der Waals surface area contributed by atoms with Gasteiger partial charge >= 0.3 is 0 Å². The molecule has 1 aromatic heterocycles. The fourth-order valence-electron chi connectivity index (χ4n) is 2.15. The van der Waals surface area contributed by atoms with E-state index in [4.69, 9.17) is 4.74 Å². The van der Waals surface area contributed by atoms with Gasteiger partial charge in [-0.05, 0) is 36.8 Å². The largest absolute Gasteiger partial charge is 0.377 e. The molecule has 3 aromatic rings. The Labute approximate surface area is 123 Å². The summed E-state index contributed by atoms with van der Waals surface area (Å²) in [5.41, 5.74) is 3.09. The van der Waals surface area contributed by atoms with Gasteiger partial charge in [-0.1, -0.05) is 24.3 Å². The fourth-order valence-corrected chi connectivity index (χ4v) is 2.15. The maximum atomic E-state index is 5.39. The molecule has 21 heavy (non-hydrogen) atoms. The smallest absolute Gasteiger partial charge is 0.141 e. The topological polar surface area (TPSA) is 47.0 Å². The third kappa shape index (κ3) is 3.17. The maximum absolute atomic E-state index is 5.39. The fraction of sp³-hybridized carbons (Fsp3) is 0.176. The Morgan fingerprint density at radius 1 is 1.00 bits per heavy atom. The van der Waals surface area contributed by atoms with Crippen molar-refractivity contribution in [1.82, 2.24) is 9.97 Å². The SMILES string of the molecule is CCOCc1ccc(Nc2ncnc3ccccc23)cc1. The second-order valence-corrected chi connectivity index (χ2v) is 4.70. The predicted molar refractivity (Wildman–Crippen MR) is 84.6 cm³/mol. The summed E-state index contributed by atoms with van der Waals surface area (Å²) in [6.45, 7) is 3.37. The number of anilines is 2. The van der Waals surface area contributed by atoms with Crippen molar-refractivity contribution < 1.29 is 4.74 Å². The minimum absolute atomic E-state index is 0.646. The minimum atomic E-state index is 0.646. The van der Waals surface area contributed by atoms with Crippen LogP contribution in [0.25, 0.3) is 10.9 Å². The van der Waals surface area contributed by atoms with Crippen LogP contribution in [0.15, 0.2) is 54.9 Å². The van der Waals surface area contributed by atoms with E-state index < -0.39 is 0 Å². The zero-order chi connectivity index (χ0) is 14.5. The summed E-state index contributed by atoms with van der Waals surface area (Å²) >= 11 is 0. The molecular weight excluding hydrogens is 262 g/mol. The van der Waals surface area contributed by atoms with E-state index in [1.165, 1.54) is 0 Å². The lowest BCUT2D eigenvalue weighted by molar-refractivity contribution is 0.134. The van der Waals surface area contributed by atoms with E-state index in [2.05, 4.69) is 27.4 Å². The predicted octanol–water partition coefficient (Wildman–Crippen LogP) is 3.91. The van der Waals surface area contributed by atoms with Gasteiger partial charge in [-0.2, -0.15) is 0 Å². The van der Waals surface area contributed by atoms with Crippen LogP contribution in [0.3, 0.4) is 0 Å². The molecule has 106 valence electrons. The number of nitrogens with one attached hydrogen (secondary N) is 1. The summed E-state index contributed by atoms with van der Waals surface area (Å²) in [4.78, 5) is 8.59. The van der Waals surface area contributed by atoms with Gasteiger partial charge in [-0.25, -0.2) is 9.97 Å². The van der Waals surface area contributed by atoms with Crippen molar-refractivity contribution in [2.45, 2.75) is 13.5 Å². The average molecular weight is 279 g/mol. The molecule has 2 aromatic carbocycles. The normalized spacial score (nSPS) is 10.7. The quantitative estimate of drug-likeness (QED) is 0.769. The highest BCUT2D eigenvalue weighted by molar-refractivity contribution is 5.90. The van der Waals surface area contributed by atoms with Crippen LogP contribution in [0.5, 0.6) is 0 Å². The highest BCUT2D eigenvalue weighted by atomic mass is 16.5. The number of fused-ring (bicyclic) bond motifs is 1. The molecule has 0 aliphatic carbocycles. The molecule has 0 bridgehead atoms. The summed E-state index contributed by atoms with van der Waals surface area (Å²) in [6, 6.07) is 16.1. The van der Waals surface area contributed by atoms with Gasteiger partial charge in [0.25, 0.3) is 0 Å². The molecular formula is C17H17N3O. The summed E-state index contributed by atoms with van der Waals surface area (Å²) < 4.78 is 5.39. The lowest BCUT2D eigenvalue weighted by atomic mass is 10.2. The molecule has 0 radical (unpaired) electrons. The summed E-state index contributed by atoms with van der Waals surface area (Å²) in [7, 11) is 0. The first kappa shape index (κ1) is 13.5. The van der Waals surface area contributed by atoms with Crippen molar-refractivity contribution >= 4 is 22.4 Å². The van der Waals surface area contributed by atoms with Crippen molar-refractivity contribution in [3.63, 3.8) is 0 Å². The van der Waals surface area contributed by atoms with Crippen molar-refractivity contribution in [2.24, 2.45) is 0 Å². The molecule has 0 saturated carbocycles. The van der Waals surface area contributed by atoms with Crippen molar-refractivity contribution in [3.8, 4) is 0 Å². The molecule has 0 aliphatic rings. The van der Waals surface area contributed by atoms with E-state index in [1.807, 2.05) is 43.3 Å². The van der Waals surface area contributed by atoms with Crippen LogP contribution in [-0.2, 0) is 11.3 Å². The van der Waals surface area contributed by atoms with E-state index in [-0.39, 0.29) is 0 Å². The number of aromatic nitrogens is 2. The van der Waals surface area contributed by atoms with E-state index in [1.54, 1.807) is 6.33 Å². The van der Waals surface area contributed by atoms with E-state index in [0.29, 0.717) is 6.61 Å². The molecule has 3 rings (SSSR count). The van der Waals surface area contributed by atoms with Crippen LogP contribution in [-0.4, -0.2) is 16.6 Å². The van der Waals surface area contributed by atoms with Crippen LogP contribution in [0, 0.1) is 0 Å². The molecule has 0 saturated heterocycles. The molecule has 1 N–H and O–H groups in total. The minimum Gasteiger partial charge on any atom is -0.377 e. The molecule has 0 aliphatic heterocycles. The number of ether oxygens (including phenoxy) is 1. The molecule has 0 unspecified atom stereocenters. The highest BCUT2D eigenvalue weighted by Crippen LogP contribution is 2.22. The van der Waals surface area contributed by atoms with Gasteiger partial charge in [-0.15, -0.1) is 0 Å². The van der Waals surface area contributed by atoms with Gasteiger partial charge < -0.3 is 10.1 Å². The van der Waals surface area contributed by atoms with E-state index >= 15 is 0 Å². The first-order valence-corrected chi connectivity index (χ1v) is 7.00. The Morgan fingerprint density at radius 2 is 1.81 bits per heavy atom. The zero-order valence-electron chi connectivity index (χ0n) is 11.9. The Kier molecular flexibility index (Phi) is 4.07. The van der Waals surface area contributed by atoms with Crippen molar-refractivity contribution in [3.05, 3.63) is 60.4 Å². The molecule has 4 nitrogen and oxygen atoms in total. The molecule has 0 amide bonds. The second kappa shape index (κ2) is 6.33. The number of benzene rings is 2. The van der Waals surface area contributed by atoms with Crippen LogP contribution in [0.1, 0.15) is 12.5 Å². The molecule has 1 heterocycles. The summed E-state index contributed by atoms with van der Waals surface area (Å²) in [5, 5.41) is 4.35. The van der Waals surface area contributed by atoms with Crippen LogP contribution in [0.2, 0.25) is 0 Å². The van der Waals surface area contributed by atoms with Gasteiger partial charge in [0, 0.05) is 17.7 Å². The van der Waals surface area contributed by atoms with E-state index in [0.717, 1.165) is 34.6 Å². The molecule has 0 spiro atoms. The number of rotatable bonds is 5. The standard InChI is InChI=1S/C17H17N3O/c1-2-21-11-13-7-9-14(10-8-13)20-17-15-5-3-4-6-16(15)18-12-19-17/h3-10,12H,2,11H2,1H3,(H,18,19,20).